The van der Waals surface area contributed by atoms with Crippen LogP contribution in [-0.4, -0.2) is 32.1 Å². The van der Waals surface area contributed by atoms with Gasteiger partial charge in [0.1, 0.15) is 22.9 Å². The van der Waals surface area contributed by atoms with Crippen LogP contribution < -0.4 is 11.1 Å². The van der Waals surface area contributed by atoms with Crippen molar-refractivity contribution < 1.29 is 19.1 Å². The average Bonchev–Trinajstić information content (AvgIpc) is 3.28. The van der Waals surface area contributed by atoms with Crippen LogP contribution in [-0.2, 0) is 11.8 Å². The molecule has 1 aromatic carbocycles. The van der Waals surface area contributed by atoms with Gasteiger partial charge >= 0.3 is 0 Å². The number of nitrogens with two attached hydrogens (primary N) is 1. The lowest BCUT2D eigenvalue weighted by molar-refractivity contribution is -0.136. The highest BCUT2D eigenvalue weighted by molar-refractivity contribution is 6.31. The van der Waals surface area contributed by atoms with E-state index in [-0.39, 0.29) is 28.7 Å². The van der Waals surface area contributed by atoms with Gasteiger partial charge in [0, 0.05) is 18.7 Å². The first-order chi connectivity index (χ1) is 14.1. The lowest BCUT2D eigenvalue weighted by Gasteiger charge is -2.20. The molecule has 0 spiro atoms. The standard InChI is InChI=1S/C21H24ClFN4O3/c1-10-25-17(11-5-12-8-21(30,20(24)29)9-13(12)6-11)18(27(10)2)19(28)26-14-3-4-16(23)15(22)7-14/h3-4,7,11-13,30H,5-6,8-9H2,1-2H3,(H2,24,29)(H,26,28). The van der Waals surface area contributed by atoms with E-state index >= 15 is 0 Å². The zero-order valence-electron chi connectivity index (χ0n) is 16.8. The maximum Gasteiger partial charge on any atom is 0.274 e. The van der Waals surface area contributed by atoms with Gasteiger partial charge in [-0.15, -0.1) is 0 Å². The smallest absolute Gasteiger partial charge is 0.274 e. The Bertz CT molecular complexity index is 1020. The molecule has 0 aliphatic heterocycles. The first kappa shape index (κ1) is 20.8. The molecule has 30 heavy (non-hydrogen) atoms. The van der Waals surface area contributed by atoms with E-state index in [0.29, 0.717) is 35.7 Å². The van der Waals surface area contributed by atoms with Crippen LogP contribution in [0.25, 0.3) is 0 Å². The Hall–Kier alpha value is -2.45. The molecule has 2 amide bonds. The van der Waals surface area contributed by atoms with Gasteiger partial charge in [-0.05, 0) is 62.6 Å². The number of halogens is 2. The zero-order chi connectivity index (χ0) is 21.8. The van der Waals surface area contributed by atoms with Gasteiger partial charge in [-0.1, -0.05) is 11.6 Å². The summed E-state index contributed by atoms with van der Waals surface area (Å²) in [4.78, 5) is 29.3. The Labute approximate surface area is 178 Å². The van der Waals surface area contributed by atoms with E-state index in [2.05, 4.69) is 10.3 Å². The van der Waals surface area contributed by atoms with E-state index < -0.39 is 17.3 Å². The summed E-state index contributed by atoms with van der Waals surface area (Å²) in [5, 5.41) is 13.1. The Morgan fingerprint density at radius 1 is 1.33 bits per heavy atom. The number of aromatic nitrogens is 2. The van der Waals surface area contributed by atoms with Crippen molar-refractivity contribution in [3.05, 3.63) is 46.3 Å². The van der Waals surface area contributed by atoms with Crippen LogP contribution >= 0.6 is 11.6 Å². The number of aryl methyl sites for hydroxylation is 1. The Kier molecular flexibility index (Phi) is 5.10. The predicted molar refractivity (Wildman–Crippen MR) is 110 cm³/mol. The number of nitrogens with zero attached hydrogens (tertiary/aromatic N) is 2. The molecule has 2 atom stereocenters. The minimum atomic E-state index is -1.43. The molecule has 2 fully saturated rings. The molecule has 0 saturated heterocycles. The molecule has 9 heteroatoms. The minimum Gasteiger partial charge on any atom is -0.380 e. The zero-order valence-corrected chi connectivity index (χ0v) is 17.5. The number of anilines is 1. The number of rotatable bonds is 4. The predicted octanol–water partition coefficient (Wildman–Crippen LogP) is 2.89. The Morgan fingerprint density at radius 3 is 2.53 bits per heavy atom. The van der Waals surface area contributed by atoms with Crippen LogP contribution in [0.5, 0.6) is 0 Å². The summed E-state index contributed by atoms with van der Waals surface area (Å²) in [6.07, 6.45) is 2.18. The molecule has 2 aliphatic carbocycles. The van der Waals surface area contributed by atoms with Crippen molar-refractivity contribution >= 4 is 29.1 Å². The number of nitrogens with one attached hydrogen (secondary N) is 1. The highest BCUT2D eigenvalue weighted by Gasteiger charge is 2.52. The second-order valence-electron chi connectivity index (χ2n) is 8.53. The molecule has 0 bridgehead atoms. The molecule has 2 aliphatic rings. The maximum atomic E-state index is 13.4. The third-order valence-electron chi connectivity index (χ3n) is 6.62. The molecule has 2 aromatic rings. The van der Waals surface area contributed by atoms with Crippen molar-refractivity contribution in [1.29, 1.82) is 0 Å². The van der Waals surface area contributed by atoms with Crippen LogP contribution in [0.15, 0.2) is 18.2 Å². The molecule has 4 N–H and O–H groups in total. The van der Waals surface area contributed by atoms with E-state index in [9.17, 15) is 19.1 Å². The van der Waals surface area contributed by atoms with Gasteiger partial charge in [-0.2, -0.15) is 0 Å². The highest BCUT2D eigenvalue weighted by Crippen LogP contribution is 2.54. The molecule has 2 unspecified atom stereocenters. The monoisotopic (exact) mass is 434 g/mol. The van der Waals surface area contributed by atoms with Crippen molar-refractivity contribution in [1.82, 2.24) is 9.55 Å². The molecule has 7 nitrogen and oxygen atoms in total. The first-order valence-corrected chi connectivity index (χ1v) is 10.3. The highest BCUT2D eigenvalue weighted by atomic mass is 35.5. The van der Waals surface area contributed by atoms with Gasteiger partial charge in [-0.25, -0.2) is 9.37 Å². The summed E-state index contributed by atoms with van der Waals surface area (Å²) in [7, 11) is 1.78. The second kappa shape index (κ2) is 7.35. The van der Waals surface area contributed by atoms with E-state index in [1.54, 1.807) is 11.6 Å². The Morgan fingerprint density at radius 2 is 1.97 bits per heavy atom. The van der Waals surface area contributed by atoms with Crippen molar-refractivity contribution in [3.63, 3.8) is 0 Å². The fourth-order valence-corrected chi connectivity index (χ4v) is 5.22. The SMILES string of the molecule is Cc1nc(C2CC3CC(O)(C(N)=O)CC3C2)c(C(=O)Nc2ccc(F)c(Cl)c2)n1C. The summed E-state index contributed by atoms with van der Waals surface area (Å²) in [5.41, 5.74) is 5.49. The van der Waals surface area contributed by atoms with E-state index in [1.807, 2.05) is 6.92 Å². The topological polar surface area (TPSA) is 110 Å². The number of primary amides is 1. The molecular formula is C21H24ClFN4O3. The summed E-state index contributed by atoms with van der Waals surface area (Å²) >= 11 is 5.82. The maximum absolute atomic E-state index is 13.4. The number of fused-ring (bicyclic) bond motifs is 1. The molecule has 160 valence electrons. The molecule has 1 heterocycles. The molecule has 0 radical (unpaired) electrons. The van der Waals surface area contributed by atoms with Crippen LogP contribution in [0.3, 0.4) is 0 Å². The van der Waals surface area contributed by atoms with E-state index in [0.717, 1.165) is 12.8 Å². The largest absolute Gasteiger partial charge is 0.380 e. The number of amides is 2. The summed E-state index contributed by atoms with van der Waals surface area (Å²) in [6, 6.07) is 4.01. The lowest BCUT2D eigenvalue weighted by Crippen LogP contribution is -2.42. The normalized spacial score (nSPS) is 27.8. The quantitative estimate of drug-likeness (QED) is 0.687. The number of hydrogen-bond acceptors (Lipinski definition) is 4. The van der Waals surface area contributed by atoms with Crippen molar-refractivity contribution in [2.75, 3.05) is 5.32 Å². The number of hydrogen-bond donors (Lipinski definition) is 3. The number of carbonyl (C=O) groups excluding carboxylic acids is 2. The average molecular weight is 435 g/mol. The number of aliphatic hydroxyl groups is 1. The second-order valence-corrected chi connectivity index (χ2v) is 8.93. The van der Waals surface area contributed by atoms with Crippen molar-refractivity contribution in [2.24, 2.45) is 24.6 Å². The Balaban J connectivity index is 1.56. The number of benzene rings is 1. The summed E-state index contributed by atoms with van der Waals surface area (Å²) in [6.45, 7) is 1.83. The molecule has 2 saturated carbocycles. The van der Waals surface area contributed by atoms with Gasteiger partial charge in [0.05, 0.1) is 10.7 Å². The molecule has 4 rings (SSSR count). The number of imidazole rings is 1. The third-order valence-corrected chi connectivity index (χ3v) is 6.91. The third kappa shape index (κ3) is 3.48. The van der Waals surface area contributed by atoms with Gasteiger partial charge in [0.15, 0.2) is 0 Å². The molecule has 1 aromatic heterocycles. The van der Waals surface area contributed by atoms with Crippen molar-refractivity contribution in [2.45, 2.75) is 44.1 Å². The van der Waals surface area contributed by atoms with E-state index in [1.165, 1.54) is 18.2 Å². The van der Waals surface area contributed by atoms with Gasteiger partial charge < -0.3 is 20.7 Å². The van der Waals surface area contributed by atoms with Gasteiger partial charge in [-0.3, -0.25) is 9.59 Å². The van der Waals surface area contributed by atoms with Crippen LogP contribution in [0.2, 0.25) is 5.02 Å². The summed E-state index contributed by atoms with van der Waals surface area (Å²) in [5.74, 6) is -0.474. The lowest BCUT2D eigenvalue weighted by atomic mass is 9.92. The van der Waals surface area contributed by atoms with Crippen LogP contribution in [0, 0.1) is 24.6 Å². The van der Waals surface area contributed by atoms with Crippen molar-refractivity contribution in [3.8, 4) is 0 Å². The molecular weight excluding hydrogens is 411 g/mol. The fraction of sp³-hybridized carbons (Fsp3) is 0.476. The van der Waals surface area contributed by atoms with Gasteiger partial charge in [0.2, 0.25) is 5.91 Å². The first-order valence-electron chi connectivity index (χ1n) is 9.91. The van der Waals surface area contributed by atoms with Crippen LogP contribution in [0.1, 0.15) is 53.6 Å². The number of carbonyl (C=O) groups is 2. The van der Waals surface area contributed by atoms with E-state index in [4.69, 9.17) is 17.3 Å². The summed E-state index contributed by atoms with van der Waals surface area (Å²) < 4.78 is 15.1. The minimum absolute atomic E-state index is 0.0508. The van der Waals surface area contributed by atoms with Gasteiger partial charge in [0.25, 0.3) is 5.91 Å². The van der Waals surface area contributed by atoms with Crippen LogP contribution in [0.4, 0.5) is 10.1 Å². The fourth-order valence-electron chi connectivity index (χ4n) is 5.04.